The summed E-state index contributed by atoms with van der Waals surface area (Å²) >= 11 is 0. The second-order valence-corrected chi connectivity index (χ2v) is 9.72. The topological polar surface area (TPSA) is 70.8 Å². The van der Waals surface area contributed by atoms with E-state index in [2.05, 4.69) is 0 Å². The Morgan fingerprint density at radius 1 is 1.20 bits per heavy atom. The van der Waals surface area contributed by atoms with Gasteiger partial charge in [-0.15, -0.1) is 0 Å². The number of benzene rings is 2. The van der Waals surface area contributed by atoms with E-state index in [1.165, 1.54) is 11.2 Å². The summed E-state index contributed by atoms with van der Waals surface area (Å²) in [5, 5.41) is 0.943. The molecular weight excluding hydrogens is 400 g/mol. The van der Waals surface area contributed by atoms with Crippen LogP contribution in [0, 0.1) is 0 Å². The average Bonchev–Trinajstić information content (AvgIpc) is 3.10. The molecule has 0 saturated heterocycles. The molecule has 1 aliphatic heterocycles. The lowest BCUT2D eigenvalue weighted by Gasteiger charge is -2.29. The molecule has 1 aliphatic rings. The summed E-state index contributed by atoms with van der Waals surface area (Å²) in [6, 6.07) is 12.8. The van der Waals surface area contributed by atoms with E-state index in [0.717, 1.165) is 46.4 Å². The highest BCUT2D eigenvalue weighted by Gasteiger charge is 2.27. The monoisotopic (exact) mass is 426 g/mol. The van der Waals surface area contributed by atoms with Gasteiger partial charge in [-0.2, -0.15) is 4.31 Å². The van der Waals surface area contributed by atoms with Crippen LogP contribution in [0.5, 0.6) is 0 Å². The molecule has 0 saturated carbocycles. The number of amides is 1. The fraction of sp³-hybridized carbons (Fsp3) is 0.348. The van der Waals surface area contributed by atoms with Crippen LogP contribution in [0.1, 0.15) is 37.2 Å². The number of hydrogen-bond acceptors (Lipinski definition) is 4. The Morgan fingerprint density at radius 2 is 1.97 bits per heavy atom. The molecule has 4 rings (SSSR count). The molecule has 0 radical (unpaired) electrons. The molecule has 0 aliphatic carbocycles. The van der Waals surface area contributed by atoms with Gasteiger partial charge in [-0.3, -0.25) is 4.79 Å². The van der Waals surface area contributed by atoms with E-state index in [-0.39, 0.29) is 17.3 Å². The van der Waals surface area contributed by atoms with Crippen molar-refractivity contribution in [1.29, 1.82) is 0 Å². The van der Waals surface area contributed by atoms with Gasteiger partial charge in [0.2, 0.25) is 15.9 Å². The first-order valence-corrected chi connectivity index (χ1v) is 11.6. The van der Waals surface area contributed by atoms with Crippen molar-refractivity contribution in [3.05, 3.63) is 59.4 Å². The number of rotatable bonds is 5. The molecule has 0 atom stereocenters. The normalized spacial score (nSPS) is 14.3. The third-order valence-corrected chi connectivity index (χ3v) is 7.54. The molecule has 2 heterocycles. The fourth-order valence-electron chi connectivity index (χ4n) is 4.16. The van der Waals surface area contributed by atoms with Gasteiger partial charge < -0.3 is 9.32 Å². The Bertz CT molecular complexity index is 1210. The van der Waals surface area contributed by atoms with Gasteiger partial charge in [-0.25, -0.2) is 8.42 Å². The van der Waals surface area contributed by atoms with Gasteiger partial charge >= 0.3 is 0 Å². The number of fused-ring (bicyclic) bond motifs is 2. The van der Waals surface area contributed by atoms with Crippen molar-refractivity contribution in [3.8, 4) is 0 Å². The summed E-state index contributed by atoms with van der Waals surface area (Å²) < 4.78 is 33.9. The standard InChI is InChI=1S/C23H26N2O4S/c1-4-22-20(19-9-5-6-10-23(19)29-22)15-24(3)30(27,28)18-11-12-21-17(14-18)8-7-13-25(21)16(2)26/h5-6,9-12,14H,4,7-8,13,15H2,1-3H3. The molecule has 0 bridgehead atoms. The quantitative estimate of drug-likeness (QED) is 0.615. The maximum absolute atomic E-state index is 13.3. The molecule has 3 aromatic rings. The van der Waals surface area contributed by atoms with E-state index in [1.807, 2.05) is 31.2 Å². The highest BCUT2D eigenvalue weighted by Crippen LogP contribution is 2.32. The van der Waals surface area contributed by atoms with Gasteiger partial charge in [0, 0.05) is 50.1 Å². The molecule has 1 aromatic heterocycles. The van der Waals surface area contributed by atoms with E-state index in [4.69, 9.17) is 4.42 Å². The van der Waals surface area contributed by atoms with Crippen molar-refractivity contribution in [2.45, 2.75) is 44.6 Å². The molecule has 0 unspecified atom stereocenters. The van der Waals surface area contributed by atoms with Crippen LogP contribution in [0.15, 0.2) is 51.8 Å². The van der Waals surface area contributed by atoms with Gasteiger partial charge in [0.25, 0.3) is 0 Å². The number of para-hydroxylation sites is 1. The van der Waals surface area contributed by atoms with E-state index in [1.54, 1.807) is 30.1 Å². The van der Waals surface area contributed by atoms with Crippen molar-refractivity contribution in [3.63, 3.8) is 0 Å². The van der Waals surface area contributed by atoms with Crippen LogP contribution in [0.4, 0.5) is 5.69 Å². The zero-order valence-electron chi connectivity index (χ0n) is 17.5. The number of carbonyl (C=O) groups excluding carboxylic acids is 1. The highest BCUT2D eigenvalue weighted by atomic mass is 32.2. The minimum Gasteiger partial charge on any atom is -0.461 e. The van der Waals surface area contributed by atoms with Gasteiger partial charge in [-0.1, -0.05) is 25.1 Å². The largest absolute Gasteiger partial charge is 0.461 e. The van der Waals surface area contributed by atoms with Crippen molar-refractivity contribution in [1.82, 2.24) is 4.31 Å². The molecule has 30 heavy (non-hydrogen) atoms. The molecule has 158 valence electrons. The molecule has 7 heteroatoms. The predicted molar refractivity (Wildman–Crippen MR) is 117 cm³/mol. The molecule has 2 aromatic carbocycles. The summed E-state index contributed by atoms with van der Waals surface area (Å²) in [5.74, 6) is 0.781. The van der Waals surface area contributed by atoms with Crippen LogP contribution in [0.2, 0.25) is 0 Å². The SMILES string of the molecule is CCc1oc2ccccc2c1CN(C)S(=O)(=O)c1ccc2c(c1)CCCN2C(C)=O. The van der Waals surface area contributed by atoms with Crippen LogP contribution in [-0.4, -0.2) is 32.2 Å². The lowest BCUT2D eigenvalue weighted by Crippen LogP contribution is -2.34. The lowest BCUT2D eigenvalue weighted by atomic mass is 10.0. The van der Waals surface area contributed by atoms with E-state index in [9.17, 15) is 13.2 Å². The number of furan rings is 1. The summed E-state index contributed by atoms with van der Waals surface area (Å²) in [6.45, 7) is 4.44. The van der Waals surface area contributed by atoms with Crippen molar-refractivity contribution >= 4 is 32.6 Å². The van der Waals surface area contributed by atoms with E-state index >= 15 is 0 Å². The molecule has 1 amide bonds. The van der Waals surface area contributed by atoms with Gasteiger partial charge in [0.1, 0.15) is 11.3 Å². The zero-order chi connectivity index (χ0) is 21.5. The van der Waals surface area contributed by atoms with Gasteiger partial charge in [-0.05, 0) is 42.7 Å². The number of carbonyl (C=O) groups is 1. The Labute approximate surface area is 177 Å². The van der Waals surface area contributed by atoms with Crippen molar-refractivity contribution < 1.29 is 17.6 Å². The number of nitrogens with zero attached hydrogens (tertiary/aromatic N) is 2. The van der Waals surface area contributed by atoms with Crippen LogP contribution in [-0.2, 0) is 34.2 Å². The second-order valence-electron chi connectivity index (χ2n) is 7.68. The van der Waals surface area contributed by atoms with Crippen LogP contribution >= 0.6 is 0 Å². The number of hydrogen-bond donors (Lipinski definition) is 0. The summed E-state index contributed by atoms with van der Waals surface area (Å²) in [6.07, 6.45) is 2.28. The minimum atomic E-state index is -3.69. The fourth-order valence-corrected chi connectivity index (χ4v) is 5.35. The smallest absolute Gasteiger partial charge is 0.243 e. The van der Waals surface area contributed by atoms with Gasteiger partial charge in [0.05, 0.1) is 4.90 Å². The molecule has 6 nitrogen and oxygen atoms in total. The predicted octanol–water partition coefficient (Wildman–Crippen LogP) is 4.12. The zero-order valence-corrected chi connectivity index (χ0v) is 18.3. The van der Waals surface area contributed by atoms with E-state index in [0.29, 0.717) is 13.0 Å². The maximum Gasteiger partial charge on any atom is 0.243 e. The molecular formula is C23H26N2O4S. The Balaban J connectivity index is 1.67. The lowest BCUT2D eigenvalue weighted by molar-refractivity contribution is -0.116. The number of anilines is 1. The number of sulfonamides is 1. The van der Waals surface area contributed by atoms with Crippen LogP contribution in [0.3, 0.4) is 0 Å². The summed E-state index contributed by atoms with van der Waals surface area (Å²) in [5.41, 5.74) is 3.38. The Hall–Kier alpha value is -2.64. The Morgan fingerprint density at radius 3 is 2.70 bits per heavy atom. The van der Waals surface area contributed by atoms with Crippen LogP contribution in [0.25, 0.3) is 11.0 Å². The molecule has 0 spiro atoms. The van der Waals surface area contributed by atoms with E-state index < -0.39 is 10.0 Å². The first-order chi connectivity index (χ1) is 14.3. The first-order valence-electron chi connectivity index (χ1n) is 10.2. The third-order valence-electron chi connectivity index (χ3n) is 5.74. The highest BCUT2D eigenvalue weighted by molar-refractivity contribution is 7.89. The number of aryl methyl sites for hydroxylation is 2. The minimum absolute atomic E-state index is 0.0254. The summed E-state index contributed by atoms with van der Waals surface area (Å²) in [7, 11) is -2.10. The second kappa shape index (κ2) is 7.89. The molecule has 0 fully saturated rings. The van der Waals surface area contributed by atoms with Gasteiger partial charge in [0.15, 0.2) is 0 Å². The summed E-state index contributed by atoms with van der Waals surface area (Å²) in [4.78, 5) is 13.8. The van der Waals surface area contributed by atoms with Crippen LogP contribution < -0.4 is 4.90 Å². The maximum atomic E-state index is 13.3. The molecule has 0 N–H and O–H groups in total. The Kier molecular flexibility index (Phi) is 5.42. The van der Waals surface area contributed by atoms with Crippen molar-refractivity contribution in [2.75, 3.05) is 18.5 Å². The first kappa shape index (κ1) is 20.6. The third kappa shape index (κ3) is 3.52. The van der Waals surface area contributed by atoms with Crippen molar-refractivity contribution in [2.24, 2.45) is 0 Å². The average molecular weight is 427 g/mol.